The van der Waals surface area contributed by atoms with E-state index in [2.05, 4.69) is 50.5 Å². The van der Waals surface area contributed by atoms with Crippen molar-refractivity contribution in [1.82, 2.24) is 15.5 Å². The van der Waals surface area contributed by atoms with Gasteiger partial charge in [-0.15, -0.1) is 0 Å². The molecule has 2 aromatic rings. The minimum absolute atomic E-state index is 0.320. The molecule has 0 amide bonds. The average Bonchev–Trinajstić information content (AvgIpc) is 2.78. The van der Waals surface area contributed by atoms with Gasteiger partial charge in [0.2, 0.25) is 0 Å². The van der Waals surface area contributed by atoms with Gasteiger partial charge in [-0.25, -0.2) is 0 Å². The average molecular weight is 280 g/mol. The van der Waals surface area contributed by atoms with Crippen LogP contribution in [0.25, 0.3) is 0 Å². The lowest BCUT2D eigenvalue weighted by Gasteiger charge is -2.13. The summed E-state index contributed by atoms with van der Waals surface area (Å²) in [6.07, 6.45) is 1.76. The summed E-state index contributed by atoms with van der Waals surface area (Å²) in [4.78, 5) is 0. The van der Waals surface area contributed by atoms with Gasteiger partial charge >= 0.3 is 0 Å². The molecule has 0 unspecified atom stereocenters. The van der Waals surface area contributed by atoms with Crippen molar-refractivity contribution in [2.45, 2.75) is 19.5 Å². The van der Waals surface area contributed by atoms with E-state index >= 15 is 0 Å². The largest absolute Gasteiger partial charge is 0.305 e. The fourth-order valence-corrected chi connectivity index (χ4v) is 1.96. The summed E-state index contributed by atoms with van der Waals surface area (Å²) < 4.78 is 1.11. The van der Waals surface area contributed by atoms with Crippen LogP contribution >= 0.6 is 15.9 Å². The molecule has 84 valence electrons. The molecule has 4 heteroatoms. The molecule has 0 saturated carbocycles. The van der Waals surface area contributed by atoms with Crippen molar-refractivity contribution < 1.29 is 0 Å². The van der Waals surface area contributed by atoms with Gasteiger partial charge in [0.15, 0.2) is 0 Å². The molecule has 0 bridgehead atoms. The fourth-order valence-electron chi connectivity index (χ4n) is 1.54. The number of hydrogen-bond acceptors (Lipinski definition) is 2. The van der Waals surface area contributed by atoms with Gasteiger partial charge in [0.05, 0.1) is 0 Å². The van der Waals surface area contributed by atoms with Crippen LogP contribution in [-0.2, 0) is 6.54 Å². The first-order valence-electron chi connectivity index (χ1n) is 5.23. The summed E-state index contributed by atoms with van der Waals surface area (Å²) in [6, 6.07) is 10.6. The minimum atomic E-state index is 0.320. The minimum Gasteiger partial charge on any atom is -0.305 e. The van der Waals surface area contributed by atoms with E-state index in [1.54, 1.807) is 6.20 Å². The zero-order valence-electron chi connectivity index (χ0n) is 9.07. The van der Waals surface area contributed by atoms with E-state index in [0.717, 1.165) is 16.7 Å². The van der Waals surface area contributed by atoms with Crippen LogP contribution in [0.15, 0.2) is 41.0 Å². The van der Waals surface area contributed by atoms with Crippen molar-refractivity contribution >= 4 is 15.9 Å². The summed E-state index contributed by atoms with van der Waals surface area (Å²) in [5.41, 5.74) is 2.37. The predicted molar refractivity (Wildman–Crippen MR) is 68.0 cm³/mol. The standard InChI is InChI=1S/C12H14BrN3/c1-9(10-3-2-4-11(13)7-10)14-8-12-5-6-15-16-12/h2-7,9,14H,8H2,1H3,(H,15,16)/t9-/m1/s1. The van der Waals surface area contributed by atoms with Gasteiger partial charge in [-0.1, -0.05) is 28.1 Å². The highest BCUT2D eigenvalue weighted by molar-refractivity contribution is 9.10. The highest BCUT2D eigenvalue weighted by atomic mass is 79.9. The summed E-state index contributed by atoms with van der Waals surface area (Å²) in [5, 5.41) is 10.3. The van der Waals surface area contributed by atoms with Gasteiger partial charge in [-0.05, 0) is 30.7 Å². The van der Waals surface area contributed by atoms with Crippen molar-refractivity contribution in [1.29, 1.82) is 0 Å². The molecule has 0 fully saturated rings. The number of rotatable bonds is 4. The van der Waals surface area contributed by atoms with Gasteiger partial charge in [0, 0.05) is 29.0 Å². The maximum Gasteiger partial charge on any atom is 0.0490 e. The van der Waals surface area contributed by atoms with Crippen LogP contribution < -0.4 is 5.32 Å². The molecule has 0 aliphatic carbocycles. The molecule has 2 N–H and O–H groups in total. The fraction of sp³-hybridized carbons (Fsp3) is 0.250. The van der Waals surface area contributed by atoms with Crippen molar-refractivity contribution in [3.63, 3.8) is 0 Å². The summed E-state index contributed by atoms with van der Waals surface area (Å²) in [7, 11) is 0. The molecule has 0 aliphatic heterocycles. The van der Waals surface area contributed by atoms with Crippen molar-refractivity contribution in [3.8, 4) is 0 Å². The van der Waals surface area contributed by atoms with Crippen LogP contribution in [0.2, 0.25) is 0 Å². The Kier molecular flexibility index (Phi) is 3.74. The number of H-pyrrole nitrogens is 1. The zero-order chi connectivity index (χ0) is 11.4. The first kappa shape index (κ1) is 11.4. The number of benzene rings is 1. The third kappa shape index (κ3) is 2.93. The van der Waals surface area contributed by atoms with E-state index in [9.17, 15) is 0 Å². The molecule has 1 aromatic heterocycles. The van der Waals surface area contributed by atoms with E-state index in [-0.39, 0.29) is 0 Å². The highest BCUT2D eigenvalue weighted by Gasteiger charge is 2.05. The van der Waals surface area contributed by atoms with Crippen molar-refractivity contribution in [2.24, 2.45) is 0 Å². The quantitative estimate of drug-likeness (QED) is 0.903. The lowest BCUT2D eigenvalue weighted by molar-refractivity contribution is 0.567. The second kappa shape index (κ2) is 5.27. The molecule has 0 radical (unpaired) electrons. The Labute approximate surface area is 103 Å². The van der Waals surface area contributed by atoms with E-state index in [1.807, 2.05) is 18.2 Å². The Bertz CT molecular complexity index is 439. The molecule has 1 aromatic carbocycles. The summed E-state index contributed by atoms with van der Waals surface area (Å²) in [5.74, 6) is 0. The summed E-state index contributed by atoms with van der Waals surface area (Å²) in [6.45, 7) is 2.95. The Balaban J connectivity index is 1.95. The molecule has 2 rings (SSSR count). The Morgan fingerprint density at radius 2 is 2.31 bits per heavy atom. The molecule has 0 saturated heterocycles. The number of hydrogen-bond donors (Lipinski definition) is 2. The van der Waals surface area contributed by atoms with Gasteiger partial charge in [-0.3, -0.25) is 5.10 Å². The Morgan fingerprint density at radius 3 is 3.00 bits per heavy atom. The highest BCUT2D eigenvalue weighted by Crippen LogP contribution is 2.17. The van der Waals surface area contributed by atoms with E-state index in [0.29, 0.717) is 6.04 Å². The zero-order valence-corrected chi connectivity index (χ0v) is 10.7. The van der Waals surface area contributed by atoms with Gasteiger partial charge in [0.25, 0.3) is 0 Å². The van der Waals surface area contributed by atoms with Gasteiger partial charge < -0.3 is 5.32 Å². The van der Waals surface area contributed by atoms with Crippen LogP contribution in [0.5, 0.6) is 0 Å². The van der Waals surface area contributed by atoms with Crippen LogP contribution in [0.4, 0.5) is 0 Å². The first-order chi connectivity index (χ1) is 7.75. The molecule has 0 aliphatic rings. The maximum absolute atomic E-state index is 3.91. The topological polar surface area (TPSA) is 40.7 Å². The monoisotopic (exact) mass is 279 g/mol. The number of nitrogens with zero attached hydrogens (tertiary/aromatic N) is 1. The first-order valence-corrected chi connectivity index (χ1v) is 6.02. The van der Waals surface area contributed by atoms with Gasteiger partial charge in [0.1, 0.15) is 0 Å². The second-order valence-corrected chi connectivity index (χ2v) is 4.66. The third-order valence-electron chi connectivity index (χ3n) is 2.51. The number of halogens is 1. The number of nitrogens with one attached hydrogen (secondary N) is 2. The third-order valence-corrected chi connectivity index (χ3v) is 3.00. The molecule has 1 atom stereocenters. The lowest BCUT2D eigenvalue weighted by Crippen LogP contribution is -2.18. The number of aromatic nitrogens is 2. The Hall–Kier alpha value is -1.13. The van der Waals surface area contributed by atoms with E-state index in [4.69, 9.17) is 0 Å². The maximum atomic E-state index is 3.91. The van der Waals surface area contributed by atoms with Crippen LogP contribution in [0, 0.1) is 0 Å². The van der Waals surface area contributed by atoms with Gasteiger partial charge in [-0.2, -0.15) is 5.10 Å². The van der Waals surface area contributed by atoms with Crippen LogP contribution in [0.3, 0.4) is 0 Å². The molecule has 3 nitrogen and oxygen atoms in total. The molecule has 1 heterocycles. The molecular weight excluding hydrogens is 266 g/mol. The molecular formula is C12H14BrN3. The van der Waals surface area contributed by atoms with Crippen LogP contribution in [0.1, 0.15) is 24.2 Å². The number of aromatic amines is 1. The van der Waals surface area contributed by atoms with Crippen LogP contribution in [-0.4, -0.2) is 10.2 Å². The predicted octanol–water partition coefficient (Wildman–Crippen LogP) is 3.02. The second-order valence-electron chi connectivity index (χ2n) is 3.74. The van der Waals surface area contributed by atoms with E-state index < -0.39 is 0 Å². The lowest BCUT2D eigenvalue weighted by atomic mass is 10.1. The summed E-state index contributed by atoms with van der Waals surface area (Å²) >= 11 is 3.48. The van der Waals surface area contributed by atoms with Crippen molar-refractivity contribution in [3.05, 3.63) is 52.3 Å². The molecule has 0 spiro atoms. The normalized spacial score (nSPS) is 12.6. The molecule has 16 heavy (non-hydrogen) atoms. The SMILES string of the molecule is C[C@@H](NCc1ccn[nH]1)c1cccc(Br)c1. The van der Waals surface area contributed by atoms with E-state index in [1.165, 1.54) is 5.56 Å². The smallest absolute Gasteiger partial charge is 0.0490 e. The Morgan fingerprint density at radius 1 is 1.44 bits per heavy atom. The van der Waals surface area contributed by atoms with Crippen molar-refractivity contribution in [2.75, 3.05) is 0 Å².